The number of rotatable bonds is 3. The number of nitrogens with zero attached hydrogens (tertiary/aromatic N) is 1. The maximum absolute atomic E-state index is 4.17. The average molecular weight is 209 g/mol. The summed E-state index contributed by atoms with van der Waals surface area (Å²) in [5.74, 6) is 0.917. The van der Waals surface area contributed by atoms with Crippen LogP contribution in [0, 0.1) is 0 Å². The van der Waals surface area contributed by atoms with Crippen LogP contribution in [0.5, 0.6) is 0 Å². The summed E-state index contributed by atoms with van der Waals surface area (Å²) in [6.07, 6.45) is 2.55. The second-order valence-electron chi connectivity index (χ2n) is 3.42. The molecule has 1 aliphatic rings. The Balaban J connectivity index is 1.77. The number of thiophene rings is 1. The van der Waals surface area contributed by atoms with Gasteiger partial charge in [-0.15, -0.1) is 11.3 Å². The van der Waals surface area contributed by atoms with Crippen LogP contribution in [-0.2, 0) is 6.54 Å². The number of hydrogen-bond acceptors (Lipinski definition) is 2. The Morgan fingerprint density at radius 3 is 3.07 bits per heavy atom. The van der Waals surface area contributed by atoms with E-state index in [1.807, 2.05) is 7.05 Å². The number of nitrogens with one attached hydrogen (secondary N) is 2. The first kappa shape index (κ1) is 9.52. The molecule has 1 fully saturated rings. The zero-order valence-corrected chi connectivity index (χ0v) is 9.10. The molecule has 2 N–H and O–H groups in total. The zero-order chi connectivity index (χ0) is 9.80. The Hall–Kier alpha value is -1.03. The standard InChI is InChI=1S/C10H15N3S/c1-11-10(13-8-4-5-8)12-7-9-3-2-6-14-9/h2-3,6,8H,4-5,7H2,1H3,(H2,11,12,13). The number of hydrogen-bond donors (Lipinski definition) is 2. The summed E-state index contributed by atoms with van der Waals surface area (Å²) >= 11 is 1.76. The highest BCUT2D eigenvalue weighted by Crippen LogP contribution is 2.18. The first-order valence-electron chi connectivity index (χ1n) is 4.88. The first-order chi connectivity index (χ1) is 6.88. The van der Waals surface area contributed by atoms with E-state index in [1.54, 1.807) is 11.3 Å². The van der Waals surface area contributed by atoms with E-state index in [0.717, 1.165) is 12.5 Å². The highest BCUT2D eigenvalue weighted by molar-refractivity contribution is 7.09. The topological polar surface area (TPSA) is 36.4 Å². The van der Waals surface area contributed by atoms with Crippen molar-refractivity contribution in [2.24, 2.45) is 4.99 Å². The van der Waals surface area contributed by atoms with E-state index in [2.05, 4.69) is 33.1 Å². The van der Waals surface area contributed by atoms with Crippen molar-refractivity contribution in [2.45, 2.75) is 25.4 Å². The normalized spacial score (nSPS) is 16.8. The highest BCUT2D eigenvalue weighted by Gasteiger charge is 2.21. The summed E-state index contributed by atoms with van der Waals surface area (Å²) in [7, 11) is 1.81. The van der Waals surface area contributed by atoms with Gasteiger partial charge in [0.15, 0.2) is 5.96 Å². The Kier molecular flexibility index (Phi) is 3.03. The lowest BCUT2D eigenvalue weighted by Crippen LogP contribution is -2.37. The van der Waals surface area contributed by atoms with Gasteiger partial charge in [0.1, 0.15) is 0 Å². The Morgan fingerprint density at radius 2 is 2.50 bits per heavy atom. The highest BCUT2D eigenvalue weighted by atomic mass is 32.1. The molecule has 0 aliphatic heterocycles. The van der Waals surface area contributed by atoms with Crippen molar-refractivity contribution in [1.82, 2.24) is 10.6 Å². The van der Waals surface area contributed by atoms with Gasteiger partial charge in [0, 0.05) is 18.0 Å². The molecule has 0 saturated heterocycles. The largest absolute Gasteiger partial charge is 0.354 e. The van der Waals surface area contributed by atoms with Gasteiger partial charge in [-0.3, -0.25) is 4.99 Å². The van der Waals surface area contributed by atoms with Crippen molar-refractivity contribution < 1.29 is 0 Å². The number of aliphatic imine (C=N–C) groups is 1. The van der Waals surface area contributed by atoms with Gasteiger partial charge in [0.25, 0.3) is 0 Å². The molecule has 2 rings (SSSR count). The van der Waals surface area contributed by atoms with Gasteiger partial charge < -0.3 is 10.6 Å². The molecule has 4 heteroatoms. The molecule has 0 unspecified atom stereocenters. The lowest BCUT2D eigenvalue weighted by atomic mass is 10.5. The molecule has 1 aromatic heterocycles. The molecule has 0 aromatic carbocycles. The van der Waals surface area contributed by atoms with E-state index in [0.29, 0.717) is 6.04 Å². The van der Waals surface area contributed by atoms with Gasteiger partial charge in [0.2, 0.25) is 0 Å². The van der Waals surface area contributed by atoms with Gasteiger partial charge in [-0.05, 0) is 24.3 Å². The molecule has 0 spiro atoms. The lowest BCUT2D eigenvalue weighted by molar-refractivity contribution is 0.811. The molecule has 0 radical (unpaired) electrons. The van der Waals surface area contributed by atoms with Crippen molar-refractivity contribution in [1.29, 1.82) is 0 Å². The van der Waals surface area contributed by atoms with Crippen molar-refractivity contribution >= 4 is 17.3 Å². The van der Waals surface area contributed by atoms with Crippen molar-refractivity contribution in [2.75, 3.05) is 7.05 Å². The molecule has 1 saturated carbocycles. The maximum atomic E-state index is 4.17. The van der Waals surface area contributed by atoms with E-state index in [1.165, 1.54) is 17.7 Å². The predicted octanol–water partition coefficient (Wildman–Crippen LogP) is 1.58. The molecule has 0 atom stereocenters. The molecule has 1 heterocycles. The maximum Gasteiger partial charge on any atom is 0.191 e. The molecule has 14 heavy (non-hydrogen) atoms. The van der Waals surface area contributed by atoms with Crippen LogP contribution in [-0.4, -0.2) is 19.0 Å². The van der Waals surface area contributed by atoms with E-state index in [9.17, 15) is 0 Å². The molecular weight excluding hydrogens is 194 g/mol. The third-order valence-corrected chi connectivity index (χ3v) is 3.03. The fraction of sp³-hybridized carbons (Fsp3) is 0.500. The second-order valence-corrected chi connectivity index (χ2v) is 4.46. The first-order valence-corrected chi connectivity index (χ1v) is 5.76. The van der Waals surface area contributed by atoms with Gasteiger partial charge in [-0.25, -0.2) is 0 Å². The van der Waals surface area contributed by atoms with Crippen LogP contribution < -0.4 is 10.6 Å². The number of guanidine groups is 1. The van der Waals surface area contributed by atoms with Crippen molar-refractivity contribution in [3.05, 3.63) is 22.4 Å². The van der Waals surface area contributed by atoms with E-state index in [4.69, 9.17) is 0 Å². The summed E-state index contributed by atoms with van der Waals surface area (Å²) in [6.45, 7) is 0.865. The van der Waals surface area contributed by atoms with Gasteiger partial charge in [-0.2, -0.15) is 0 Å². The van der Waals surface area contributed by atoms with Crippen LogP contribution >= 0.6 is 11.3 Å². The molecule has 3 nitrogen and oxygen atoms in total. The average Bonchev–Trinajstić information content (AvgIpc) is 2.86. The fourth-order valence-corrected chi connectivity index (χ4v) is 1.84. The molecule has 1 aromatic rings. The monoisotopic (exact) mass is 209 g/mol. The van der Waals surface area contributed by atoms with Crippen LogP contribution in [0.1, 0.15) is 17.7 Å². The predicted molar refractivity (Wildman–Crippen MR) is 60.7 cm³/mol. The molecule has 0 bridgehead atoms. The third-order valence-electron chi connectivity index (χ3n) is 2.15. The van der Waals surface area contributed by atoms with Crippen LogP contribution in [0.4, 0.5) is 0 Å². The molecule has 1 aliphatic carbocycles. The lowest BCUT2D eigenvalue weighted by Gasteiger charge is -2.09. The Morgan fingerprint density at radius 1 is 1.64 bits per heavy atom. The van der Waals surface area contributed by atoms with E-state index in [-0.39, 0.29) is 0 Å². The third kappa shape index (κ3) is 2.73. The van der Waals surface area contributed by atoms with Crippen LogP contribution in [0.2, 0.25) is 0 Å². The SMILES string of the molecule is CN=C(NCc1cccs1)NC1CC1. The van der Waals surface area contributed by atoms with Crippen molar-refractivity contribution in [3.63, 3.8) is 0 Å². The Labute approximate surface area is 88.3 Å². The fourth-order valence-electron chi connectivity index (χ4n) is 1.20. The van der Waals surface area contributed by atoms with Crippen molar-refractivity contribution in [3.8, 4) is 0 Å². The van der Waals surface area contributed by atoms with Crippen LogP contribution in [0.15, 0.2) is 22.5 Å². The summed E-state index contributed by atoms with van der Waals surface area (Å²) in [4.78, 5) is 5.50. The van der Waals surface area contributed by atoms with E-state index >= 15 is 0 Å². The van der Waals surface area contributed by atoms with Gasteiger partial charge >= 0.3 is 0 Å². The molecule has 76 valence electrons. The minimum Gasteiger partial charge on any atom is -0.354 e. The summed E-state index contributed by atoms with van der Waals surface area (Å²) in [5.41, 5.74) is 0. The Bertz CT molecular complexity index is 301. The van der Waals surface area contributed by atoms with Crippen LogP contribution in [0.25, 0.3) is 0 Å². The van der Waals surface area contributed by atoms with E-state index < -0.39 is 0 Å². The quantitative estimate of drug-likeness (QED) is 0.585. The second kappa shape index (κ2) is 4.46. The summed E-state index contributed by atoms with van der Waals surface area (Å²) in [5, 5.41) is 8.73. The minimum absolute atomic E-state index is 0.657. The van der Waals surface area contributed by atoms with Gasteiger partial charge in [0.05, 0.1) is 6.54 Å². The van der Waals surface area contributed by atoms with Crippen LogP contribution in [0.3, 0.4) is 0 Å². The minimum atomic E-state index is 0.657. The molecule has 0 amide bonds. The van der Waals surface area contributed by atoms with Gasteiger partial charge in [-0.1, -0.05) is 6.07 Å². The zero-order valence-electron chi connectivity index (χ0n) is 8.29. The summed E-state index contributed by atoms with van der Waals surface area (Å²) < 4.78 is 0. The summed E-state index contributed by atoms with van der Waals surface area (Å²) in [6, 6.07) is 4.85. The smallest absolute Gasteiger partial charge is 0.191 e. The molecular formula is C10H15N3S.